The minimum absolute atomic E-state index is 0.495. The van der Waals surface area contributed by atoms with Crippen molar-refractivity contribution in [3.05, 3.63) is 23.7 Å². The zero-order valence-corrected chi connectivity index (χ0v) is 9.04. The molecular formula is C12H18O3. The topological polar surface area (TPSA) is 27.7 Å². The molecule has 15 heavy (non-hydrogen) atoms. The molecule has 3 nitrogen and oxygen atoms in total. The van der Waals surface area contributed by atoms with E-state index < -0.39 is 0 Å². The Hall–Kier alpha value is -0.960. The van der Waals surface area contributed by atoms with Crippen LogP contribution >= 0.6 is 0 Å². The number of hydrogen-bond acceptors (Lipinski definition) is 3. The molecule has 2 aliphatic carbocycles. The molecule has 3 heteroatoms. The second kappa shape index (κ2) is 5.81. The van der Waals surface area contributed by atoms with Crippen LogP contribution in [0.4, 0.5) is 0 Å². The van der Waals surface area contributed by atoms with Gasteiger partial charge in [-0.3, -0.25) is 0 Å². The summed E-state index contributed by atoms with van der Waals surface area (Å²) in [6, 6.07) is 0. The molecule has 0 aromatic rings. The number of allylic oxidation sites excluding steroid dienone is 4. The maximum Gasteiger partial charge on any atom is 0.138 e. The van der Waals surface area contributed by atoms with Gasteiger partial charge >= 0.3 is 0 Å². The Morgan fingerprint density at radius 1 is 0.933 bits per heavy atom. The van der Waals surface area contributed by atoms with Crippen LogP contribution in [0.5, 0.6) is 0 Å². The van der Waals surface area contributed by atoms with Gasteiger partial charge in [0.05, 0.1) is 5.76 Å². The van der Waals surface area contributed by atoms with Gasteiger partial charge in [-0.1, -0.05) is 0 Å². The maximum atomic E-state index is 5.50. The molecule has 0 aliphatic heterocycles. The van der Waals surface area contributed by atoms with Gasteiger partial charge < -0.3 is 9.62 Å². The lowest BCUT2D eigenvalue weighted by molar-refractivity contribution is -0.267. The molecule has 0 aromatic carbocycles. The monoisotopic (exact) mass is 210 g/mol. The Kier molecular flexibility index (Phi) is 4.09. The number of ether oxygens (including phenoxy) is 1. The van der Waals surface area contributed by atoms with Gasteiger partial charge in [-0.25, -0.2) is 0 Å². The van der Waals surface area contributed by atoms with Crippen LogP contribution in [0.15, 0.2) is 23.7 Å². The quantitative estimate of drug-likeness (QED) is 0.383. The first-order valence-corrected chi connectivity index (χ1v) is 5.75. The summed E-state index contributed by atoms with van der Waals surface area (Å²) in [6.07, 6.45) is 11.0. The average molecular weight is 210 g/mol. The van der Waals surface area contributed by atoms with Crippen molar-refractivity contribution in [1.29, 1.82) is 0 Å². The summed E-state index contributed by atoms with van der Waals surface area (Å²) in [7, 11) is 0. The third-order valence-corrected chi connectivity index (χ3v) is 2.62. The first-order chi connectivity index (χ1) is 7.45. The molecule has 0 saturated heterocycles. The molecule has 0 radical (unpaired) electrons. The Morgan fingerprint density at radius 3 is 2.33 bits per heavy atom. The minimum atomic E-state index is 0.495. The van der Waals surface area contributed by atoms with Crippen molar-refractivity contribution in [2.75, 3.05) is 13.2 Å². The van der Waals surface area contributed by atoms with Gasteiger partial charge in [-0.2, -0.15) is 4.89 Å². The molecule has 0 amide bonds. The highest BCUT2D eigenvalue weighted by Crippen LogP contribution is 2.19. The third-order valence-electron chi connectivity index (χ3n) is 2.62. The highest BCUT2D eigenvalue weighted by Gasteiger charge is 2.07. The van der Waals surface area contributed by atoms with Crippen LogP contribution in [-0.4, -0.2) is 13.2 Å². The standard InChI is InChI=1S/C12H18O3/c1-2-6-11(5-1)13-9-10-14-15-12-7-3-4-8-12/h5,7H,1-4,6,8-10H2. The number of hydrogen-bond donors (Lipinski definition) is 0. The summed E-state index contributed by atoms with van der Waals surface area (Å²) in [4.78, 5) is 10.2. The van der Waals surface area contributed by atoms with Gasteiger partial charge in [0, 0.05) is 12.8 Å². The lowest BCUT2D eigenvalue weighted by atomic mass is 10.4. The van der Waals surface area contributed by atoms with Gasteiger partial charge in [0.1, 0.15) is 19.0 Å². The van der Waals surface area contributed by atoms with Crippen LogP contribution in [0.3, 0.4) is 0 Å². The van der Waals surface area contributed by atoms with E-state index in [4.69, 9.17) is 14.5 Å². The predicted molar refractivity (Wildman–Crippen MR) is 56.9 cm³/mol. The molecule has 2 rings (SSSR count). The highest BCUT2D eigenvalue weighted by molar-refractivity contribution is 4.99. The van der Waals surface area contributed by atoms with E-state index in [1.165, 1.54) is 12.8 Å². The van der Waals surface area contributed by atoms with Gasteiger partial charge in [0.25, 0.3) is 0 Å². The number of rotatable bonds is 6. The van der Waals surface area contributed by atoms with Crippen LogP contribution in [0.25, 0.3) is 0 Å². The van der Waals surface area contributed by atoms with Crippen LogP contribution in [-0.2, 0) is 14.5 Å². The Morgan fingerprint density at radius 2 is 1.67 bits per heavy atom. The van der Waals surface area contributed by atoms with Crippen LogP contribution in [0.2, 0.25) is 0 Å². The summed E-state index contributed by atoms with van der Waals surface area (Å²) in [5, 5.41) is 0. The first kappa shape index (κ1) is 10.6. The molecule has 0 fully saturated rings. The minimum Gasteiger partial charge on any atom is -0.496 e. The van der Waals surface area contributed by atoms with Gasteiger partial charge in [0.15, 0.2) is 0 Å². The summed E-state index contributed by atoms with van der Waals surface area (Å²) < 4.78 is 5.50. The van der Waals surface area contributed by atoms with Crippen molar-refractivity contribution in [3.63, 3.8) is 0 Å². The lowest BCUT2D eigenvalue weighted by Gasteiger charge is -2.07. The average Bonchev–Trinajstić information content (AvgIpc) is 2.88. The molecule has 0 saturated carbocycles. The maximum absolute atomic E-state index is 5.50. The summed E-state index contributed by atoms with van der Waals surface area (Å²) >= 11 is 0. The molecule has 0 heterocycles. The fourth-order valence-corrected chi connectivity index (χ4v) is 1.81. The second-order valence-corrected chi connectivity index (χ2v) is 3.88. The Bertz CT molecular complexity index is 230. The van der Waals surface area contributed by atoms with E-state index in [1.807, 2.05) is 0 Å². The van der Waals surface area contributed by atoms with Gasteiger partial charge in [-0.15, -0.1) is 0 Å². The first-order valence-electron chi connectivity index (χ1n) is 5.75. The molecule has 0 atom stereocenters. The summed E-state index contributed by atoms with van der Waals surface area (Å²) in [5.41, 5.74) is 0. The smallest absolute Gasteiger partial charge is 0.138 e. The molecule has 0 N–H and O–H groups in total. The zero-order valence-electron chi connectivity index (χ0n) is 9.04. The lowest BCUT2D eigenvalue weighted by Crippen LogP contribution is -2.04. The van der Waals surface area contributed by atoms with Crippen LogP contribution in [0.1, 0.15) is 38.5 Å². The van der Waals surface area contributed by atoms with Crippen LogP contribution < -0.4 is 0 Å². The Balaban J connectivity index is 1.48. The van der Waals surface area contributed by atoms with E-state index in [0.29, 0.717) is 13.2 Å². The van der Waals surface area contributed by atoms with E-state index in [2.05, 4.69) is 12.2 Å². The molecule has 0 bridgehead atoms. The van der Waals surface area contributed by atoms with Gasteiger partial charge in [-0.05, 0) is 37.8 Å². The molecule has 0 spiro atoms. The van der Waals surface area contributed by atoms with E-state index in [1.54, 1.807) is 0 Å². The van der Waals surface area contributed by atoms with E-state index in [0.717, 1.165) is 37.2 Å². The highest BCUT2D eigenvalue weighted by atomic mass is 17.2. The molecule has 2 aliphatic rings. The van der Waals surface area contributed by atoms with Crippen molar-refractivity contribution in [2.45, 2.75) is 38.5 Å². The SMILES string of the molecule is C1=C(OCCOOC2=CCCC2)CCC1. The molecule has 84 valence electrons. The second-order valence-electron chi connectivity index (χ2n) is 3.88. The largest absolute Gasteiger partial charge is 0.496 e. The van der Waals surface area contributed by atoms with Crippen molar-refractivity contribution in [3.8, 4) is 0 Å². The van der Waals surface area contributed by atoms with Crippen molar-refractivity contribution >= 4 is 0 Å². The predicted octanol–water partition coefficient (Wildman–Crippen LogP) is 3.09. The van der Waals surface area contributed by atoms with E-state index >= 15 is 0 Å². The zero-order chi connectivity index (χ0) is 10.3. The molecular weight excluding hydrogens is 192 g/mol. The van der Waals surface area contributed by atoms with E-state index in [9.17, 15) is 0 Å². The molecule has 0 unspecified atom stereocenters. The normalized spacial score (nSPS) is 20.0. The Labute approximate surface area is 90.6 Å². The van der Waals surface area contributed by atoms with Crippen LogP contribution in [0, 0.1) is 0 Å². The van der Waals surface area contributed by atoms with Crippen molar-refractivity contribution in [1.82, 2.24) is 0 Å². The molecule has 0 aromatic heterocycles. The third kappa shape index (κ3) is 3.59. The fraction of sp³-hybridized carbons (Fsp3) is 0.667. The van der Waals surface area contributed by atoms with Crippen molar-refractivity contribution in [2.24, 2.45) is 0 Å². The van der Waals surface area contributed by atoms with Gasteiger partial charge in [0.2, 0.25) is 0 Å². The fourth-order valence-electron chi connectivity index (χ4n) is 1.81. The summed E-state index contributed by atoms with van der Waals surface area (Å²) in [6.45, 7) is 1.08. The van der Waals surface area contributed by atoms with Crippen molar-refractivity contribution < 1.29 is 14.5 Å². The summed E-state index contributed by atoms with van der Waals surface area (Å²) in [5.74, 6) is 2.08. The van der Waals surface area contributed by atoms with E-state index in [-0.39, 0.29) is 0 Å².